The average Bonchev–Trinajstić information content (AvgIpc) is 1.63. The normalized spacial score (nSPS) is 13.6. The van der Waals surface area contributed by atoms with Gasteiger partial charge in [0.1, 0.15) is 0 Å². The van der Waals surface area contributed by atoms with Gasteiger partial charge in [-0.2, -0.15) is 0 Å². The van der Waals surface area contributed by atoms with Crippen LogP contribution in [0.1, 0.15) is 13.8 Å². The summed E-state index contributed by atoms with van der Waals surface area (Å²) in [6, 6.07) is 0. The van der Waals surface area contributed by atoms with Gasteiger partial charge in [-0.1, -0.05) is 18.7 Å². The Morgan fingerprint density at radius 2 is 2.00 bits per heavy atom. The Morgan fingerprint density at radius 1 is 1.44 bits per heavy atom. The average molecular weight is 123 g/mol. The van der Waals surface area contributed by atoms with Crippen molar-refractivity contribution in [2.75, 3.05) is 0 Å². The monoisotopic (exact) mass is 123 g/mol. The fraction of sp³-hybridized carbons (Fsp3) is 0.250. The molecule has 0 aromatic rings. The van der Waals surface area contributed by atoms with Crippen molar-refractivity contribution in [3.05, 3.63) is 36.1 Å². The van der Waals surface area contributed by atoms with Crippen molar-refractivity contribution in [1.29, 1.82) is 0 Å². The Kier molecular flexibility index (Phi) is 3.52. The molecule has 1 nitrogen and oxygen atoms in total. The minimum atomic E-state index is 0.825. The maximum Gasteiger partial charge on any atom is 0.00515 e. The molecule has 0 saturated heterocycles. The summed E-state index contributed by atoms with van der Waals surface area (Å²) in [6.45, 7) is 7.41. The second-order valence-electron chi connectivity index (χ2n) is 2.03. The molecule has 0 atom stereocenters. The van der Waals surface area contributed by atoms with Gasteiger partial charge in [-0.05, 0) is 25.5 Å². The van der Waals surface area contributed by atoms with E-state index in [1.54, 1.807) is 6.08 Å². The lowest BCUT2D eigenvalue weighted by Gasteiger charge is -1.89. The summed E-state index contributed by atoms with van der Waals surface area (Å²) in [5.74, 6) is 0. The Balaban J connectivity index is 4.05. The second kappa shape index (κ2) is 3.96. The van der Waals surface area contributed by atoms with Crippen LogP contribution in [0.2, 0.25) is 0 Å². The third-order valence-electron chi connectivity index (χ3n) is 0.836. The molecule has 0 aliphatic heterocycles. The largest absolute Gasteiger partial charge is 0.402 e. The van der Waals surface area contributed by atoms with Crippen LogP contribution < -0.4 is 5.73 Å². The van der Waals surface area contributed by atoms with E-state index in [2.05, 4.69) is 6.58 Å². The highest BCUT2D eigenvalue weighted by molar-refractivity contribution is 5.22. The van der Waals surface area contributed by atoms with Crippen LogP contribution >= 0.6 is 0 Å². The molecule has 2 N–H and O–H groups in total. The fourth-order valence-electron chi connectivity index (χ4n) is 0.593. The van der Waals surface area contributed by atoms with Gasteiger partial charge in [0.2, 0.25) is 0 Å². The van der Waals surface area contributed by atoms with Crippen molar-refractivity contribution < 1.29 is 0 Å². The van der Waals surface area contributed by atoms with Crippen molar-refractivity contribution in [3.8, 4) is 0 Å². The lowest BCUT2D eigenvalue weighted by atomic mass is 10.2. The molecule has 0 radical (unpaired) electrons. The lowest BCUT2D eigenvalue weighted by Crippen LogP contribution is -1.89. The molecular weight excluding hydrogens is 110 g/mol. The van der Waals surface area contributed by atoms with Crippen molar-refractivity contribution in [3.63, 3.8) is 0 Å². The maximum absolute atomic E-state index is 5.41. The molecule has 0 spiro atoms. The summed E-state index contributed by atoms with van der Waals surface area (Å²) in [6.07, 6.45) is 5.56. The lowest BCUT2D eigenvalue weighted by molar-refractivity contribution is 1.29. The predicted octanol–water partition coefficient (Wildman–Crippen LogP) is 1.98. The SMILES string of the molecule is C=C/C=C(C)\C=C(\C)N. The topological polar surface area (TPSA) is 26.0 Å². The van der Waals surface area contributed by atoms with Crippen LogP contribution in [0, 0.1) is 0 Å². The van der Waals surface area contributed by atoms with Crippen LogP contribution in [-0.4, -0.2) is 0 Å². The van der Waals surface area contributed by atoms with Crippen molar-refractivity contribution in [2.45, 2.75) is 13.8 Å². The van der Waals surface area contributed by atoms with Gasteiger partial charge in [0, 0.05) is 5.70 Å². The van der Waals surface area contributed by atoms with E-state index in [-0.39, 0.29) is 0 Å². The van der Waals surface area contributed by atoms with Gasteiger partial charge in [0.25, 0.3) is 0 Å². The highest BCUT2D eigenvalue weighted by atomic mass is 14.5. The number of hydrogen-bond acceptors (Lipinski definition) is 1. The van der Waals surface area contributed by atoms with E-state index >= 15 is 0 Å². The molecule has 0 amide bonds. The maximum atomic E-state index is 5.41. The summed E-state index contributed by atoms with van der Waals surface area (Å²) in [5.41, 5.74) is 7.36. The molecule has 50 valence electrons. The number of rotatable bonds is 2. The molecule has 0 aromatic carbocycles. The summed E-state index contributed by atoms with van der Waals surface area (Å²) in [4.78, 5) is 0. The van der Waals surface area contributed by atoms with Gasteiger partial charge in [-0.15, -0.1) is 0 Å². The summed E-state index contributed by atoms with van der Waals surface area (Å²) in [5, 5.41) is 0. The van der Waals surface area contributed by atoms with E-state index in [0.29, 0.717) is 0 Å². The fourth-order valence-corrected chi connectivity index (χ4v) is 0.593. The highest BCUT2D eigenvalue weighted by Crippen LogP contribution is 1.96. The van der Waals surface area contributed by atoms with Crippen LogP contribution in [0.4, 0.5) is 0 Å². The molecule has 0 rings (SSSR count). The van der Waals surface area contributed by atoms with E-state index < -0.39 is 0 Å². The first-order valence-corrected chi connectivity index (χ1v) is 2.90. The number of allylic oxidation sites excluding steroid dienone is 5. The van der Waals surface area contributed by atoms with Gasteiger partial charge in [0.15, 0.2) is 0 Å². The van der Waals surface area contributed by atoms with Gasteiger partial charge < -0.3 is 5.73 Å². The zero-order valence-corrected chi connectivity index (χ0v) is 6.02. The molecular formula is C8H13N. The zero-order valence-electron chi connectivity index (χ0n) is 6.02. The van der Waals surface area contributed by atoms with Gasteiger partial charge in [-0.3, -0.25) is 0 Å². The van der Waals surface area contributed by atoms with Crippen LogP contribution in [-0.2, 0) is 0 Å². The van der Waals surface area contributed by atoms with E-state index in [1.807, 2.05) is 26.0 Å². The van der Waals surface area contributed by atoms with Crippen molar-refractivity contribution in [1.82, 2.24) is 0 Å². The van der Waals surface area contributed by atoms with E-state index in [9.17, 15) is 0 Å². The summed E-state index contributed by atoms with van der Waals surface area (Å²) in [7, 11) is 0. The Hall–Kier alpha value is -0.980. The first-order chi connectivity index (χ1) is 4.16. The summed E-state index contributed by atoms with van der Waals surface area (Å²) >= 11 is 0. The molecule has 0 unspecified atom stereocenters. The first kappa shape index (κ1) is 8.02. The molecule has 0 aliphatic carbocycles. The van der Waals surface area contributed by atoms with Crippen LogP contribution in [0.3, 0.4) is 0 Å². The second-order valence-corrected chi connectivity index (χ2v) is 2.03. The number of nitrogens with two attached hydrogens (primary N) is 1. The minimum absolute atomic E-state index is 0.825. The molecule has 0 fully saturated rings. The van der Waals surface area contributed by atoms with Gasteiger partial charge in [0.05, 0.1) is 0 Å². The third kappa shape index (κ3) is 4.88. The molecule has 0 aromatic heterocycles. The van der Waals surface area contributed by atoms with Crippen LogP contribution in [0.5, 0.6) is 0 Å². The van der Waals surface area contributed by atoms with Gasteiger partial charge in [-0.25, -0.2) is 0 Å². The Labute approximate surface area is 56.6 Å². The van der Waals surface area contributed by atoms with Crippen molar-refractivity contribution >= 4 is 0 Å². The van der Waals surface area contributed by atoms with Gasteiger partial charge >= 0.3 is 0 Å². The quantitative estimate of drug-likeness (QED) is 0.558. The molecule has 0 heterocycles. The van der Waals surface area contributed by atoms with Crippen molar-refractivity contribution in [2.24, 2.45) is 5.73 Å². The van der Waals surface area contributed by atoms with E-state index in [4.69, 9.17) is 5.73 Å². The Morgan fingerprint density at radius 3 is 2.33 bits per heavy atom. The van der Waals surface area contributed by atoms with Crippen LogP contribution in [0.15, 0.2) is 36.1 Å². The Bertz CT molecular complexity index is 148. The molecule has 0 saturated carbocycles. The zero-order chi connectivity index (χ0) is 7.28. The minimum Gasteiger partial charge on any atom is -0.402 e. The molecule has 1 heteroatoms. The first-order valence-electron chi connectivity index (χ1n) is 2.90. The standard InChI is InChI=1S/C8H13N/c1-4-5-7(2)6-8(3)9/h4-6H,1,9H2,2-3H3/b7-5-,8-6-. The molecule has 0 aliphatic rings. The highest BCUT2D eigenvalue weighted by Gasteiger charge is 1.78. The predicted molar refractivity (Wildman–Crippen MR) is 41.9 cm³/mol. The van der Waals surface area contributed by atoms with Crippen LogP contribution in [0.25, 0.3) is 0 Å². The third-order valence-corrected chi connectivity index (χ3v) is 0.836. The van der Waals surface area contributed by atoms with E-state index in [0.717, 1.165) is 11.3 Å². The number of hydrogen-bond donors (Lipinski definition) is 1. The van der Waals surface area contributed by atoms with E-state index in [1.165, 1.54) is 0 Å². The molecule has 0 bridgehead atoms. The smallest absolute Gasteiger partial charge is 0.00515 e. The molecule has 9 heavy (non-hydrogen) atoms. The summed E-state index contributed by atoms with van der Waals surface area (Å²) < 4.78 is 0.